The van der Waals surface area contributed by atoms with Gasteiger partial charge in [-0.05, 0) is 51.4 Å². The molecule has 130 valence electrons. The van der Waals surface area contributed by atoms with Crippen LogP contribution in [0, 0.1) is 13.8 Å². The number of aryl methyl sites for hydroxylation is 2. The van der Waals surface area contributed by atoms with Gasteiger partial charge in [-0.2, -0.15) is 10.2 Å². The number of aromatic nitrogens is 4. The molecule has 1 fully saturated rings. The molecule has 0 aliphatic carbocycles. The Kier molecular flexibility index (Phi) is 4.17. The molecule has 1 aromatic carbocycles. The van der Waals surface area contributed by atoms with Crippen molar-refractivity contribution in [2.75, 3.05) is 6.54 Å². The van der Waals surface area contributed by atoms with E-state index in [1.54, 1.807) is 0 Å². The standard InChI is InChI=1S/C20H25N5/c1-15-20(16(2)23(3)21-15)19-10-7-12-24(19)14-17-11-13-25(22-17)18-8-5-4-6-9-18/h4-6,8-9,11,13,19H,7,10,12,14H2,1-3H3. The van der Waals surface area contributed by atoms with Crippen molar-refractivity contribution in [3.05, 3.63) is 65.2 Å². The van der Waals surface area contributed by atoms with Gasteiger partial charge in [0.05, 0.1) is 17.1 Å². The molecule has 1 atom stereocenters. The molecule has 3 heterocycles. The smallest absolute Gasteiger partial charge is 0.0769 e. The summed E-state index contributed by atoms with van der Waals surface area (Å²) in [7, 11) is 2.03. The topological polar surface area (TPSA) is 38.9 Å². The van der Waals surface area contributed by atoms with E-state index in [1.165, 1.54) is 24.1 Å². The maximum atomic E-state index is 4.78. The summed E-state index contributed by atoms with van der Waals surface area (Å²) in [6, 6.07) is 12.9. The molecule has 4 rings (SSSR count). The molecule has 5 heteroatoms. The van der Waals surface area contributed by atoms with E-state index in [4.69, 9.17) is 5.10 Å². The average molecular weight is 335 g/mol. The van der Waals surface area contributed by atoms with Gasteiger partial charge in [0.25, 0.3) is 0 Å². The Balaban J connectivity index is 1.55. The van der Waals surface area contributed by atoms with Crippen LogP contribution in [0.4, 0.5) is 0 Å². The van der Waals surface area contributed by atoms with E-state index in [2.05, 4.69) is 48.2 Å². The van der Waals surface area contributed by atoms with Gasteiger partial charge in [0, 0.05) is 37.1 Å². The molecule has 1 aliphatic rings. The highest BCUT2D eigenvalue weighted by atomic mass is 15.3. The van der Waals surface area contributed by atoms with Crippen LogP contribution in [-0.4, -0.2) is 31.0 Å². The van der Waals surface area contributed by atoms with E-state index < -0.39 is 0 Å². The van der Waals surface area contributed by atoms with Crippen LogP contribution >= 0.6 is 0 Å². The zero-order valence-corrected chi connectivity index (χ0v) is 15.2. The molecule has 1 saturated heterocycles. The SMILES string of the molecule is Cc1nn(C)c(C)c1C1CCCN1Cc1ccn(-c2ccccc2)n1. The van der Waals surface area contributed by atoms with E-state index in [1.807, 2.05) is 34.6 Å². The lowest BCUT2D eigenvalue weighted by molar-refractivity contribution is 0.244. The fourth-order valence-electron chi connectivity index (χ4n) is 3.99. The number of hydrogen-bond acceptors (Lipinski definition) is 3. The zero-order chi connectivity index (χ0) is 17.4. The Morgan fingerprint density at radius 2 is 1.88 bits per heavy atom. The number of likely N-dealkylation sites (tertiary alicyclic amines) is 1. The predicted octanol–water partition coefficient (Wildman–Crippen LogP) is 3.56. The zero-order valence-electron chi connectivity index (χ0n) is 15.2. The van der Waals surface area contributed by atoms with E-state index in [9.17, 15) is 0 Å². The Bertz CT molecular complexity index is 862. The Morgan fingerprint density at radius 1 is 1.08 bits per heavy atom. The number of benzene rings is 1. The molecular weight excluding hydrogens is 310 g/mol. The fourth-order valence-corrected chi connectivity index (χ4v) is 3.99. The van der Waals surface area contributed by atoms with E-state index in [0.29, 0.717) is 6.04 Å². The molecule has 0 N–H and O–H groups in total. The summed E-state index contributed by atoms with van der Waals surface area (Å²) in [5, 5.41) is 9.39. The summed E-state index contributed by atoms with van der Waals surface area (Å²) in [5.74, 6) is 0. The highest BCUT2D eigenvalue weighted by Crippen LogP contribution is 2.36. The Morgan fingerprint density at radius 3 is 2.60 bits per heavy atom. The lowest BCUT2D eigenvalue weighted by Gasteiger charge is -2.24. The van der Waals surface area contributed by atoms with Gasteiger partial charge in [-0.15, -0.1) is 0 Å². The first-order chi connectivity index (χ1) is 12.1. The largest absolute Gasteiger partial charge is 0.290 e. The van der Waals surface area contributed by atoms with Crippen LogP contribution in [0.2, 0.25) is 0 Å². The lowest BCUT2D eigenvalue weighted by atomic mass is 10.0. The third kappa shape index (κ3) is 3.00. The second kappa shape index (κ2) is 6.48. The first kappa shape index (κ1) is 16.1. The van der Waals surface area contributed by atoms with Crippen molar-refractivity contribution in [3.63, 3.8) is 0 Å². The molecule has 2 aromatic heterocycles. The van der Waals surface area contributed by atoms with Crippen molar-refractivity contribution < 1.29 is 0 Å². The van der Waals surface area contributed by atoms with Gasteiger partial charge in [0.2, 0.25) is 0 Å². The molecule has 1 unspecified atom stereocenters. The highest BCUT2D eigenvalue weighted by Gasteiger charge is 2.30. The number of hydrogen-bond donors (Lipinski definition) is 0. The van der Waals surface area contributed by atoms with E-state index in [0.717, 1.165) is 30.2 Å². The van der Waals surface area contributed by atoms with Crippen LogP contribution in [0.15, 0.2) is 42.6 Å². The number of nitrogens with zero attached hydrogens (tertiary/aromatic N) is 5. The summed E-state index contributed by atoms with van der Waals surface area (Å²) >= 11 is 0. The van der Waals surface area contributed by atoms with Crippen molar-refractivity contribution in [1.82, 2.24) is 24.5 Å². The lowest BCUT2D eigenvalue weighted by Crippen LogP contribution is -2.24. The van der Waals surface area contributed by atoms with Crippen LogP contribution in [0.1, 0.15) is 41.5 Å². The summed E-state index contributed by atoms with van der Waals surface area (Å²) in [4.78, 5) is 2.55. The second-order valence-electron chi connectivity index (χ2n) is 6.92. The molecule has 0 bridgehead atoms. The molecule has 25 heavy (non-hydrogen) atoms. The van der Waals surface area contributed by atoms with Gasteiger partial charge in [0.15, 0.2) is 0 Å². The van der Waals surface area contributed by atoms with Crippen LogP contribution in [0.3, 0.4) is 0 Å². The third-order valence-corrected chi connectivity index (χ3v) is 5.29. The minimum atomic E-state index is 0.454. The molecule has 0 amide bonds. The van der Waals surface area contributed by atoms with Crippen molar-refractivity contribution in [2.45, 2.75) is 39.3 Å². The molecular formula is C20H25N5. The van der Waals surface area contributed by atoms with Crippen molar-refractivity contribution in [1.29, 1.82) is 0 Å². The van der Waals surface area contributed by atoms with Gasteiger partial charge in [-0.25, -0.2) is 4.68 Å². The van der Waals surface area contributed by atoms with Gasteiger partial charge in [0.1, 0.15) is 0 Å². The van der Waals surface area contributed by atoms with Crippen LogP contribution in [0.25, 0.3) is 5.69 Å². The number of para-hydroxylation sites is 1. The molecule has 0 radical (unpaired) electrons. The van der Waals surface area contributed by atoms with Crippen molar-refractivity contribution >= 4 is 0 Å². The summed E-state index contributed by atoms with van der Waals surface area (Å²) in [6.45, 7) is 6.31. The van der Waals surface area contributed by atoms with Crippen LogP contribution in [0.5, 0.6) is 0 Å². The minimum absolute atomic E-state index is 0.454. The van der Waals surface area contributed by atoms with Gasteiger partial charge in [-0.3, -0.25) is 9.58 Å². The second-order valence-corrected chi connectivity index (χ2v) is 6.92. The maximum absolute atomic E-state index is 4.78. The summed E-state index contributed by atoms with van der Waals surface area (Å²) in [6.07, 6.45) is 4.49. The Labute approximate surface area is 148 Å². The highest BCUT2D eigenvalue weighted by molar-refractivity contribution is 5.31. The number of rotatable bonds is 4. The quantitative estimate of drug-likeness (QED) is 0.732. The molecule has 0 spiro atoms. The summed E-state index contributed by atoms with van der Waals surface area (Å²) in [5.41, 5.74) is 6.07. The first-order valence-electron chi connectivity index (χ1n) is 8.97. The predicted molar refractivity (Wildman–Crippen MR) is 98.6 cm³/mol. The van der Waals surface area contributed by atoms with E-state index >= 15 is 0 Å². The normalized spacial score (nSPS) is 18.1. The minimum Gasteiger partial charge on any atom is -0.290 e. The summed E-state index contributed by atoms with van der Waals surface area (Å²) < 4.78 is 3.96. The monoisotopic (exact) mass is 335 g/mol. The average Bonchev–Trinajstić information content (AvgIpc) is 3.31. The Hall–Kier alpha value is -2.40. The van der Waals surface area contributed by atoms with E-state index in [-0.39, 0.29) is 0 Å². The fraction of sp³-hybridized carbons (Fsp3) is 0.400. The van der Waals surface area contributed by atoms with Crippen molar-refractivity contribution in [2.24, 2.45) is 7.05 Å². The van der Waals surface area contributed by atoms with Crippen LogP contribution in [-0.2, 0) is 13.6 Å². The molecule has 5 nitrogen and oxygen atoms in total. The van der Waals surface area contributed by atoms with Gasteiger partial charge < -0.3 is 0 Å². The molecule has 0 saturated carbocycles. The maximum Gasteiger partial charge on any atom is 0.0769 e. The van der Waals surface area contributed by atoms with Crippen molar-refractivity contribution in [3.8, 4) is 5.69 Å². The van der Waals surface area contributed by atoms with Crippen LogP contribution < -0.4 is 0 Å². The third-order valence-electron chi connectivity index (χ3n) is 5.29. The molecule has 1 aliphatic heterocycles. The molecule has 3 aromatic rings. The van der Waals surface area contributed by atoms with Gasteiger partial charge in [-0.1, -0.05) is 18.2 Å². The van der Waals surface area contributed by atoms with Gasteiger partial charge >= 0.3 is 0 Å². The first-order valence-corrected chi connectivity index (χ1v) is 8.97.